The molecule has 0 saturated heterocycles. The predicted molar refractivity (Wildman–Crippen MR) is 180 cm³/mol. The molecule has 1 radical (unpaired) electrons. The van der Waals surface area contributed by atoms with Crippen molar-refractivity contribution in [2.75, 3.05) is 6.61 Å². The van der Waals surface area contributed by atoms with E-state index in [4.69, 9.17) is 22.1 Å². The SMILES string of the molecule is NC(=O)CC[C@H](NC(=O)OCC1c2ccccc2-c2ccccc21)C(=O)c1ccc([C](c2ccccc2)c2ccccc2)c(Cl)c1. The molecule has 0 aliphatic heterocycles. The van der Waals surface area contributed by atoms with Gasteiger partial charge in [-0.15, -0.1) is 0 Å². The number of nitrogens with one attached hydrogen (secondary N) is 1. The minimum absolute atomic E-state index is 0.0170. The Morgan fingerprint density at radius 1 is 0.717 bits per heavy atom. The van der Waals surface area contributed by atoms with E-state index in [0.717, 1.165) is 44.9 Å². The molecule has 1 aliphatic carbocycles. The third kappa shape index (κ3) is 6.58. The zero-order valence-electron chi connectivity index (χ0n) is 25.0. The van der Waals surface area contributed by atoms with Crippen molar-refractivity contribution >= 4 is 29.4 Å². The van der Waals surface area contributed by atoms with Crippen molar-refractivity contribution in [1.82, 2.24) is 5.32 Å². The Hall–Kier alpha value is -5.20. The fourth-order valence-corrected chi connectivity index (χ4v) is 6.37. The molecule has 5 aromatic carbocycles. The summed E-state index contributed by atoms with van der Waals surface area (Å²) in [5.74, 6) is -0.189. The highest BCUT2D eigenvalue weighted by molar-refractivity contribution is 6.32. The number of primary amides is 1. The van der Waals surface area contributed by atoms with Gasteiger partial charge in [0, 0.05) is 22.9 Å². The van der Waals surface area contributed by atoms with Crippen LogP contribution in [-0.4, -0.2) is 30.4 Å². The van der Waals surface area contributed by atoms with Crippen LogP contribution in [0, 0.1) is 5.92 Å². The molecule has 1 aliphatic rings. The third-order valence-corrected chi connectivity index (χ3v) is 8.59. The van der Waals surface area contributed by atoms with Crippen LogP contribution >= 0.6 is 11.6 Å². The Morgan fingerprint density at radius 3 is 1.80 bits per heavy atom. The molecule has 3 N–H and O–H groups in total. The van der Waals surface area contributed by atoms with Gasteiger partial charge in [0.1, 0.15) is 6.61 Å². The van der Waals surface area contributed by atoms with E-state index in [-0.39, 0.29) is 25.4 Å². The van der Waals surface area contributed by atoms with E-state index in [1.807, 2.05) is 103 Å². The van der Waals surface area contributed by atoms with Gasteiger partial charge in [0.05, 0.1) is 12.0 Å². The average Bonchev–Trinajstić information content (AvgIpc) is 3.40. The summed E-state index contributed by atoms with van der Waals surface area (Å²) in [5, 5.41) is 3.06. The third-order valence-electron chi connectivity index (χ3n) is 8.28. The molecule has 6 nitrogen and oxygen atoms in total. The summed E-state index contributed by atoms with van der Waals surface area (Å²) >= 11 is 6.85. The molecule has 0 spiro atoms. The summed E-state index contributed by atoms with van der Waals surface area (Å²) in [5.41, 5.74) is 12.8. The quantitative estimate of drug-likeness (QED) is 0.116. The number of benzene rings is 5. The van der Waals surface area contributed by atoms with Crippen LogP contribution in [0.1, 0.15) is 56.9 Å². The maximum absolute atomic E-state index is 13.8. The highest BCUT2D eigenvalue weighted by Crippen LogP contribution is 2.44. The summed E-state index contributed by atoms with van der Waals surface area (Å²) in [4.78, 5) is 38.5. The molecule has 5 aromatic rings. The van der Waals surface area contributed by atoms with Crippen molar-refractivity contribution in [3.63, 3.8) is 0 Å². The number of fused-ring (bicyclic) bond motifs is 3. The molecular weight excluding hydrogens is 596 g/mol. The topological polar surface area (TPSA) is 98.5 Å². The summed E-state index contributed by atoms with van der Waals surface area (Å²) in [7, 11) is 0. The number of hydrogen-bond acceptors (Lipinski definition) is 4. The van der Waals surface area contributed by atoms with Gasteiger partial charge in [0.2, 0.25) is 5.91 Å². The Morgan fingerprint density at radius 2 is 1.26 bits per heavy atom. The van der Waals surface area contributed by atoms with Crippen molar-refractivity contribution in [2.45, 2.75) is 24.8 Å². The summed E-state index contributed by atoms with van der Waals surface area (Å²) in [6.07, 6.45) is -0.828. The number of ketones is 1. The highest BCUT2D eigenvalue weighted by atomic mass is 35.5. The molecule has 0 aromatic heterocycles. The van der Waals surface area contributed by atoms with E-state index in [2.05, 4.69) is 17.4 Å². The summed E-state index contributed by atoms with van der Waals surface area (Å²) < 4.78 is 5.69. The number of rotatable bonds is 11. The Labute approximate surface area is 273 Å². The molecule has 0 unspecified atom stereocenters. The van der Waals surface area contributed by atoms with Crippen LogP contribution in [0.3, 0.4) is 0 Å². The van der Waals surface area contributed by atoms with Crippen LogP contribution in [0.5, 0.6) is 0 Å². The van der Waals surface area contributed by atoms with Crippen LogP contribution in [0.2, 0.25) is 5.02 Å². The summed E-state index contributed by atoms with van der Waals surface area (Å²) in [6.45, 7) is 0.0920. The fraction of sp³-hybridized carbons (Fsp3) is 0.128. The van der Waals surface area contributed by atoms with E-state index in [0.29, 0.717) is 10.6 Å². The molecule has 7 heteroatoms. The van der Waals surface area contributed by atoms with Crippen LogP contribution in [0.25, 0.3) is 11.1 Å². The van der Waals surface area contributed by atoms with Crippen LogP contribution in [-0.2, 0) is 9.53 Å². The van der Waals surface area contributed by atoms with Gasteiger partial charge in [0.25, 0.3) is 0 Å². The fourth-order valence-electron chi connectivity index (χ4n) is 6.10. The van der Waals surface area contributed by atoms with E-state index in [9.17, 15) is 14.4 Å². The Kier molecular flexibility index (Phi) is 9.27. The van der Waals surface area contributed by atoms with Gasteiger partial charge < -0.3 is 15.8 Å². The van der Waals surface area contributed by atoms with Gasteiger partial charge in [-0.1, -0.05) is 133 Å². The number of Topliss-reactive ketones (excluding diaryl/α,β-unsaturated/α-hetero) is 1. The zero-order chi connectivity index (χ0) is 32.0. The number of alkyl carbamates (subject to hydrolysis) is 1. The van der Waals surface area contributed by atoms with E-state index >= 15 is 0 Å². The Balaban J connectivity index is 1.21. The highest BCUT2D eigenvalue weighted by Gasteiger charge is 2.30. The van der Waals surface area contributed by atoms with Crippen LogP contribution in [0.15, 0.2) is 127 Å². The first-order chi connectivity index (χ1) is 22.4. The maximum Gasteiger partial charge on any atom is 0.407 e. The number of ether oxygens (including phenoxy) is 1. The smallest absolute Gasteiger partial charge is 0.407 e. The van der Waals surface area contributed by atoms with Crippen molar-refractivity contribution in [3.05, 3.63) is 172 Å². The number of carbonyl (C=O) groups excluding carboxylic acids is 3. The van der Waals surface area contributed by atoms with Crippen molar-refractivity contribution in [2.24, 2.45) is 5.73 Å². The number of nitrogens with two attached hydrogens (primary N) is 1. The second-order valence-corrected chi connectivity index (χ2v) is 11.6. The standard InChI is InChI=1S/C39H32ClN2O4/c40-34-23-27(19-20-32(34)37(25-11-3-1-4-12-25)26-13-5-2-6-14-26)38(44)35(21-22-36(41)43)42-39(45)46-24-33-30-17-9-7-15-28(30)29-16-8-10-18-31(29)33/h1-20,23,33,35H,21-22,24H2,(H2,41,43)(H,42,45)/t35-/m0/s1. The van der Waals surface area contributed by atoms with E-state index in [1.54, 1.807) is 12.1 Å². The molecule has 0 heterocycles. The van der Waals surface area contributed by atoms with Gasteiger partial charge >= 0.3 is 6.09 Å². The molecular formula is C39H32ClN2O4. The van der Waals surface area contributed by atoms with Gasteiger partial charge in [0.15, 0.2) is 5.78 Å². The van der Waals surface area contributed by atoms with E-state index < -0.39 is 23.8 Å². The molecule has 1 atom stereocenters. The van der Waals surface area contributed by atoms with Gasteiger partial charge in [-0.25, -0.2) is 4.79 Å². The molecule has 46 heavy (non-hydrogen) atoms. The number of hydrogen-bond donors (Lipinski definition) is 2. The normalized spacial score (nSPS) is 12.7. The lowest BCUT2D eigenvalue weighted by Crippen LogP contribution is -2.42. The average molecular weight is 628 g/mol. The largest absolute Gasteiger partial charge is 0.449 e. The molecule has 0 bridgehead atoms. The molecule has 229 valence electrons. The van der Waals surface area contributed by atoms with Crippen molar-refractivity contribution in [1.29, 1.82) is 0 Å². The van der Waals surface area contributed by atoms with Gasteiger partial charge in [-0.05, 0) is 51.4 Å². The second kappa shape index (κ2) is 13.8. The van der Waals surface area contributed by atoms with Gasteiger partial charge in [-0.3, -0.25) is 9.59 Å². The molecule has 2 amide bonds. The Bertz CT molecular complexity index is 1790. The monoisotopic (exact) mass is 627 g/mol. The first-order valence-electron chi connectivity index (χ1n) is 15.1. The van der Waals surface area contributed by atoms with Crippen molar-refractivity contribution < 1.29 is 19.1 Å². The van der Waals surface area contributed by atoms with Crippen molar-refractivity contribution in [3.8, 4) is 11.1 Å². The second-order valence-electron chi connectivity index (χ2n) is 11.2. The molecule has 6 rings (SSSR count). The maximum atomic E-state index is 13.8. The predicted octanol–water partition coefficient (Wildman–Crippen LogP) is 7.71. The van der Waals surface area contributed by atoms with Crippen LogP contribution in [0.4, 0.5) is 4.79 Å². The van der Waals surface area contributed by atoms with E-state index in [1.165, 1.54) is 0 Å². The minimum atomic E-state index is -1.04. The first kappa shape index (κ1) is 30.8. The number of halogens is 1. The number of carbonyl (C=O) groups is 3. The minimum Gasteiger partial charge on any atom is -0.449 e. The summed E-state index contributed by atoms with van der Waals surface area (Å²) in [6, 6.07) is 39.9. The lowest BCUT2D eigenvalue weighted by molar-refractivity contribution is -0.118. The number of amides is 2. The van der Waals surface area contributed by atoms with Crippen LogP contribution < -0.4 is 11.1 Å². The van der Waals surface area contributed by atoms with Gasteiger partial charge in [-0.2, -0.15) is 0 Å². The lowest BCUT2D eigenvalue weighted by atomic mass is 9.84. The zero-order valence-corrected chi connectivity index (χ0v) is 25.7. The molecule has 0 fully saturated rings. The molecule has 0 saturated carbocycles. The lowest BCUT2D eigenvalue weighted by Gasteiger charge is -2.21. The first-order valence-corrected chi connectivity index (χ1v) is 15.5.